The molecule has 2 nitrogen and oxygen atoms in total. The van der Waals surface area contributed by atoms with E-state index in [0.717, 1.165) is 55.3 Å². The highest BCUT2D eigenvalue weighted by atomic mass is 16.4. The molecule has 0 spiro atoms. The summed E-state index contributed by atoms with van der Waals surface area (Å²) in [5.41, 5.74) is 2.62. The van der Waals surface area contributed by atoms with Crippen molar-refractivity contribution >= 4 is 5.97 Å². The van der Waals surface area contributed by atoms with Crippen LogP contribution in [0.25, 0.3) is 0 Å². The largest absolute Gasteiger partial charge is 0.481 e. The first-order valence-electron chi connectivity index (χ1n) is 11.2. The van der Waals surface area contributed by atoms with E-state index in [4.69, 9.17) is 0 Å². The van der Waals surface area contributed by atoms with Crippen LogP contribution in [-0.2, 0) is 4.79 Å². The Kier molecular flexibility index (Phi) is 4.02. The van der Waals surface area contributed by atoms with Crippen LogP contribution in [0.1, 0.15) is 89.9 Å². The van der Waals surface area contributed by atoms with Crippen molar-refractivity contribution in [3.63, 3.8) is 0 Å². The molecule has 5 rings (SSSR count). The van der Waals surface area contributed by atoms with Gasteiger partial charge in [-0.2, -0.15) is 0 Å². The van der Waals surface area contributed by atoms with E-state index in [9.17, 15) is 9.90 Å². The van der Waals surface area contributed by atoms with Gasteiger partial charge < -0.3 is 5.11 Å². The number of rotatable bonds is 1. The van der Waals surface area contributed by atoms with E-state index in [0.29, 0.717) is 0 Å². The fourth-order valence-corrected chi connectivity index (χ4v) is 8.16. The Morgan fingerprint density at radius 2 is 1.68 bits per heavy atom. The Hall–Kier alpha value is -0.790. The van der Waals surface area contributed by atoms with Gasteiger partial charge in [0.1, 0.15) is 0 Å². The van der Waals surface area contributed by atoms with Gasteiger partial charge in [-0.1, -0.05) is 36.8 Å². The van der Waals surface area contributed by atoms with Gasteiger partial charge in [0.15, 0.2) is 0 Å². The third-order valence-electron chi connectivity index (χ3n) is 9.19. The summed E-state index contributed by atoms with van der Waals surface area (Å²) in [5.74, 6) is 4.14. The molecule has 0 aliphatic heterocycles. The van der Waals surface area contributed by atoms with Gasteiger partial charge in [-0.05, 0) is 93.8 Å². The molecule has 0 saturated heterocycles. The molecule has 5 aliphatic rings. The van der Waals surface area contributed by atoms with Gasteiger partial charge in [0, 0.05) is 0 Å². The average Bonchev–Trinajstić information content (AvgIpc) is 2.66. The molecule has 4 fully saturated rings. The molecular weight excluding hydrogens is 308 g/mol. The van der Waals surface area contributed by atoms with E-state index < -0.39 is 11.4 Å². The number of aliphatic carboxylic acids is 1. The van der Waals surface area contributed by atoms with Crippen molar-refractivity contribution in [1.29, 1.82) is 0 Å². The Bertz CT molecular complexity index is 591. The van der Waals surface area contributed by atoms with E-state index in [1.54, 1.807) is 5.57 Å². The zero-order valence-corrected chi connectivity index (χ0v) is 15.6. The lowest BCUT2D eigenvalue weighted by atomic mass is 9.50. The molecule has 0 bridgehead atoms. The fourth-order valence-electron chi connectivity index (χ4n) is 8.16. The summed E-state index contributed by atoms with van der Waals surface area (Å²) in [6.45, 7) is 0. The quantitative estimate of drug-likeness (QED) is 0.597. The summed E-state index contributed by atoms with van der Waals surface area (Å²) >= 11 is 0. The summed E-state index contributed by atoms with van der Waals surface area (Å²) in [6, 6.07) is 0. The first kappa shape index (κ1) is 16.4. The minimum atomic E-state index is -0.508. The molecule has 0 aromatic rings. The second kappa shape index (κ2) is 6.13. The van der Waals surface area contributed by atoms with Gasteiger partial charge in [-0.25, -0.2) is 0 Å². The molecule has 6 atom stereocenters. The lowest BCUT2D eigenvalue weighted by Crippen LogP contribution is -2.47. The molecule has 5 aliphatic carbocycles. The van der Waals surface area contributed by atoms with Crippen LogP contribution in [0.5, 0.6) is 0 Å². The van der Waals surface area contributed by atoms with Crippen LogP contribution in [0.3, 0.4) is 0 Å². The van der Waals surface area contributed by atoms with Gasteiger partial charge >= 0.3 is 5.97 Å². The van der Waals surface area contributed by atoms with Gasteiger partial charge in [-0.15, -0.1) is 0 Å². The van der Waals surface area contributed by atoms with Crippen molar-refractivity contribution < 1.29 is 9.90 Å². The van der Waals surface area contributed by atoms with Gasteiger partial charge in [0.05, 0.1) is 5.41 Å². The number of carbonyl (C=O) groups is 1. The fraction of sp³-hybridized carbons (Fsp3) is 0.870. The zero-order valence-electron chi connectivity index (χ0n) is 15.6. The molecule has 25 heavy (non-hydrogen) atoms. The second-order valence-corrected chi connectivity index (χ2v) is 9.90. The SMILES string of the molecule is O=C(O)C12CCCCC1=C1CCC3C4CCCCC4CCC3C1CC2. The maximum absolute atomic E-state index is 12.2. The lowest BCUT2D eigenvalue weighted by molar-refractivity contribution is -0.149. The molecule has 1 N–H and O–H groups in total. The van der Waals surface area contributed by atoms with E-state index >= 15 is 0 Å². The highest BCUT2D eigenvalue weighted by Crippen LogP contribution is 2.61. The van der Waals surface area contributed by atoms with Crippen LogP contribution >= 0.6 is 0 Å². The molecule has 138 valence electrons. The lowest BCUT2D eigenvalue weighted by Gasteiger charge is -2.55. The first-order chi connectivity index (χ1) is 12.2. The molecule has 0 heterocycles. The molecule has 4 saturated carbocycles. The molecule has 0 radical (unpaired) electrons. The summed E-state index contributed by atoms with van der Waals surface area (Å²) in [6.07, 6.45) is 17.9. The van der Waals surface area contributed by atoms with Crippen molar-refractivity contribution in [1.82, 2.24) is 0 Å². The maximum Gasteiger partial charge on any atom is 0.313 e. The highest BCUT2D eigenvalue weighted by molar-refractivity contribution is 5.79. The van der Waals surface area contributed by atoms with Gasteiger partial charge in [0.25, 0.3) is 0 Å². The van der Waals surface area contributed by atoms with Gasteiger partial charge in [0.2, 0.25) is 0 Å². The van der Waals surface area contributed by atoms with Crippen molar-refractivity contribution in [2.24, 2.45) is 35.0 Å². The smallest absolute Gasteiger partial charge is 0.313 e. The van der Waals surface area contributed by atoms with E-state index in [-0.39, 0.29) is 0 Å². The van der Waals surface area contributed by atoms with Crippen LogP contribution in [0, 0.1) is 35.0 Å². The number of allylic oxidation sites excluding steroid dienone is 1. The average molecular weight is 343 g/mol. The molecule has 6 unspecified atom stereocenters. The number of hydrogen-bond donors (Lipinski definition) is 1. The first-order valence-corrected chi connectivity index (χ1v) is 11.2. The summed E-state index contributed by atoms with van der Waals surface area (Å²) < 4.78 is 0. The number of carboxylic acids is 1. The predicted octanol–water partition coefficient (Wildman–Crippen LogP) is 5.96. The predicted molar refractivity (Wildman–Crippen MR) is 99.2 cm³/mol. The standard InChI is InChI=1S/C23H34O2/c24-22(25)23-13-4-3-7-21(23)20-11-10-17-16-6-2-1-5-15(16)8-9-18(17)19(20)12-14-23/h15-19H,1-14H2,(H,24,25). The number of hydrogen-bond acceptors (Lipinski definition) is 1. The van der Waals surface area contributed by atoms with Crippen molar-refractivity contribution in [3.05, 3.63) is 11.1 Å². The Labute approximate surface area is 152 Å². The van der Waals surface area contributed by atoms with Crippen molar-refractivity contribution in [2.75, 3.05) is 0 Å². The summed E-state index contributed by atoms with van der Waals surface area (Å²) in [4.78, 5) is 12.2. The van der Waals surface area contributed by atoms with Crippen LogP contribution in [0.15, 0.2) is 11.1 Å². The van der Waals surface area contributed by atoms with E-state index in [1.165, 1.54) is 69.8 Å². The number of fused-ring (bicyclic) bond motifs is 6. The van der Waals surface area contributed by atoms with E-state index in [2.05, 4.69) is 0 Å². The van der Waals surface area contributed by atoms with Crippen LogP contribution in [-0.4, -0.2) is 11.1 Å². The third kappa shape index (κ3) is 2.38. The summed E-state index contributed by atoms with van der Waals surface area (Å²) in [5, 5.41) is 10.1. The second-order valence-electron chi connectivity index (χ2n) is 9.90. The Balaban J connectivity index is 1.48. The van der Waals surface area contributed by atoms with Crippen LogP contribution < -0.4 is 0 Å². The normalized spacial score (nSPS) is 46.5. The minimum Gasteiger partial charge on any atom is -0.481 e. The van der Waals surface area contributed by atoms with Crippen molar-refractivity contribution in [3.8, 4) is 0 Å². The van der Waals surface area contributed by atoms with Crippen molar-refractivity contribution in [2.45, 2.75) is 89.9 Å². The molecule has 0 aromatic carbocycles. The van der Waals surface area contributed by atoms with Crippen LogP contribution in [0.2, 0.25) is 0 Å². The number of carboxylic acid groups (broad SMARTS) is 1. The molecule has 2 heteroatoms. The van der Waals surface area contributed by atoms with E-state index in [1.807, 2.05) is 0 Å². The maximum atomic E-state index is 12.2. The molecule has 0 amide bonds. The Morgan fingerprint density at radius 3 is 2.56 bits per heavy atom. The molecule has 0 aromatic heterocycles. The zero-order chi connectivity index (χ0) is 17.0. The highest BCUT2D eigenvalue weighted by Gasteiger charge is 2.53. The third-order valence-corrected chi connectivity index (χ3v) is 9.19. The summed E-state index contributed by atoms with van der Waals surface area (Å²) in [7, 11) is 0. The minimum absolute atomic E-state index is 0.459. The van der Waals surface area contributed by atoms with Gasteiger partial charge in [-0.3, -0.25) is 4.79 Å². The monoisotopic (exact) mass is 342 g/mol. The van der Waals surface area contributed by atoms with Crippen LogP contribution in [0.4, 0.5) is 0 Å². The Morgan fingerprint density at radius 1 is 0.800 bits per heavy atom. The topological polar surface area (TPSA) is 37.3 Å². The molecular formula is C23H34O2.